The molecule has 1 amide bonds. The number of nitrogens with zero attached hydrogens (tertiary/aromatic N) is 2. The number of carbonyl (C=O) groups is 1. The molecule has 0 radical (unpaired) electrons. The molecule has 2 heterocycles. The van der Waals surface area contributed by atoms with E-state index in [1.807, 2.05) is 0 Å². The first-order chi connectivity index (χ1) is 8.97. The van der Waals surface area contributed by atoms with Crippen LogP contribution in [0.5, 0.6) is 0 Å². The van der Waals surface area contributed by atoms with Gasteiger partial charge in [-0.2, -0.15) is 0 Å². The van der Waals surface area contributed by atoms with E-state index < -0.39 is 11.7 Å². The van der Waals surface area contributed by atoms with Gasteiger partial charge >= 0.3 is 0 Å². The van der Waals surface area contributed by atoms with Crippen LogP contribution in [0, 0.1) is 12.7 Å². The van der Waals surface area contributed by atoms with Gasteiger partial charge in [-0.1, -0.05) is 0 Å². The first-order valence-electron chi connectivity index (χ1n) is 5.33. The van der Waals surface area contributed by atoms with E-state index >= 15 is 0 Å². The molecular formula is C12H10BrFN4O. The third kappa shape index (κ3) is 3.05. The minimum Gasteiger partial charge on any atom is -0.383 e. The Morgan fingerprint density at radius 3 is 2.89 bits per heavy atom. The van der Waals surface area contributed by atoms with Crippen molar-refractivity contribution in [2.45, 2.75) is 6.92 Å². The third-order valence-corrected chi connectivity index (χ3v) is 3.23. The zero-order valence-electron chi connectivity index (χ0n) is 9.95. The summed E-state index contributed by atoms with van der Waals surface area (Å²) in [4.78, 5) is 19.7. The van der Waals surface area contributed by atoms with Gasteiger partial charge in [-0.3, -0.25) is 4.79 Å². The molecule has 0 aliphatic rings. The molecule has 0 aromatic carbocycles. The van der Waals surface area contributed by atoms with Crippen LogP contribution in [0.3, 0.4) is 0 Å². The van der Waals surface area contributed by atoms with Crippen LogP contribution in [0.1, 0.15) is 16.1 Å². The highest BCUT2D eigenvalue weighted by Gasteiger charge is 2.13. The maximum absolute atomic E-state index is 13.0. The number of anilines is 2. The molecule has 7 heteroatoms. The Labute approximate surface area is 117 Å². The van der Waals surface area contributed by atoms with E-state index in [4.69, 9.17) is 5.73 Å². The maximum Gasteiger partial charge on any atom is 0.260 e. The number of hydrogen-bond acceptors (Lipinski definition) is 4. The normalized spacial score (nSPS) is 10.3. The molecule has 0 saturated carbocycles. The summed E-state index contributed by atoms with van der Waals surface area (Å²) in [6.07, 6.45) is 0.953. The van der Waals surface area contributed by atoms with Crippen molar-refractivity contribution >= 4 is 33.5 Å². The van der Waals surface area contributed by atoms with Crippen molar-refractivity contribution in [2.75, 3.05) is 11.1 Å². The Kier molecular flexibility index (Phi) is 3.75. The number of rotatable bonds is 2. The molecule has 0 atom stereocenters. The zero-order chi connectivity index (χ0) is 14.0. The van der Waals surface area contributed by atoms with Gasteiger partial charge in [-0.05, 0) is 41.1 Å². The van der Waals surface area contributed by atoms with Gasteiger partial charge in [0.25, 0.3) is 5.91 Å². The van der Waals surface area contributed by atoms with E-state index in [1.54, 1.807) is 19.1 Å². The van der Waals surface area contributed by atoms with Crippen molar-refractivity contribution in [1.29, 1.82) is 0 Å². The van der Waals surface area contributed by atoms with E-state index in [9.17, 15) is 9.18 Å². The highest BCUT2D eigenvalue weighted by Crippen LogP contribution is 2.17. The molecule has 3 N–H and O–H groups in total. The maximum atomic E-state index is 13.0. The number of carbonyl (C=O) groups excluding carboxylic acids is 1. The molecule has 2 rings (SSSR count). The molecular weight excluding hydrogens is 315 g/mol. The van der Waals surface area contributed by atoms with Gasteiger partial charge in [0.2, 0.25) is 0 Å². The number of nitrogens with one attached hydrogen (secondary N) is 1. The summed E-state index contributed by atoms with van der Waals surface area (Å²) in [7, 11) is 0. The lowest BCUT2D eigenvalue weighted by molar-refractivity contribution is 0.102. The fourth-order valence-electron chi connectivity index (χ4n) is 1.43. The van der Waals surface area contributed by atoms with Crippen molar-refractivity contribution in [1.82, 2.24) is 9.97 Å². The average Bonchev–Trinajstić information content (AvgIpc) is 2.36. The summed E-state index contributed by atoms with van der Waals surface area (Å²) in [6, 6.07) is 4.41. The van der Waals surface area contributed by atoms with E-state index in [1.165, 1.54) is 0 Å². The highest BCUT2D eigenvalue weighted by molar-refractivity contribution is 9.10. The van der Waals surface area contributed by atoms with E-state index in [0.717, 1.165) is 22.4 Å². The second-order valence-electron chi connectivity index (χ2n) is 3.80. The fraction of sp³-hybridized carbons (Fsp3) is 0.0833. The number of aromatic nitrogens is 2. The molecule has 0 aliphatic heterocycles. The molecule has 0 saturated heterocycles. The van der Waals surface area contributed by atoms with E-state index in [2.05, 4.69) is 31.2 Å². The monoisotopic (exact) mass is 324 g/mol. The van der Waals surface area contributed by atoms with Crippen LogP contribution in [0.25, 0.3) is 0 Å². The quantitative estimate of drug-likeness (QED) is 0.889. The van der Waals surface area contributed by atoms with Gasteiger partial charge in [0, 0.05) is 4.47 Å². The molecule has 0 spiro atoms. The molecule has 0 unspecified atom stereocenters. The molecule has 0 aliphatic carbocycles. The Hall–Kier alpha value is -2.02. The van der Waals surface area contributed by atoms with Crippen LogP contribution in [-0.2, 0) is 0 Å². The average molecular weight is 325 g/mol. The molecule has 5 nitrogen and oxygen atoms in total. The van der Waals surface area contributed by atoms with Crippen LogP contribution in [0.4, 0.5) is 16.0 Å². The number of hydrogen-bond donors (Lipinski definition) is 2. The van der Waals surface area contributed by atoms with Gasteiger partial charge in [0.15, 0.2) is 0 Å². The predicted octanol–water partition coefficient (Wildman–Crippen LogP) is 2.52. The lowest BCUT2D eigenvalue weighted by Crippen LogP contribution is -2.16. The lowest BCUT2D eigenvalue weighted by Gasteiger charge is -2.07. The second-order valence-corrected chi connectivity index (χ2v) is 4.66. The lowest BCUT2D eigenvalue weighted by atomic mass is 10.2. The minimum atomic E-state index is -0.626. The molecule has 0 fully saturated rings. The summed E-state index contributed by atoms with van der Waals surface area (Å²) < 4.78 is 13.9. The largest absolute Gasteiger partial charge is 0.383 e. The van der Waals surface area contributed by atoms with Gasteiger partial charge in [-0.15, -0.1) is 0 Å². The summed E-state index contributed by atoms with van der Waals surface area (Å²) in [5.74, 6) is -0.861. The smallest absolute Gasteiger partial charge is 0.260 e. The number of halogens is 2. The van der Waals surface area contributed by atoms with Crippen molar-refractivity contribution in [3.8, 4) is 0 Å². The molecule has 2 aromatic rings. The van der Waals surface area contributed by atoms with Crippen molar-refractivity contribution in [3.63, 3.8) is 0 Å². The molecule has 2 aromatic heterocycles. The first-order valence-corrected chi connectivity index (χ1v) is 6.12. The standard InChI is InChI=1S/C12H10BrFN4O/c1-6-9(13)2-3-10(17-6)18-12(19)8-4-7(14)5-16-11(8)15/h2-5H,1H3,(H2,15,16)(H,17,18,19). The Bertz CT molecular complexity index is 648. The summed E-state index contributed by atoms with van der Waals surface area (Å²) >= 11 is 3.31. The van der Waals surface area contributed by atoms with E-state index in [-0.39, 0.29) is 11.4 Å². The predicted molar refractivity (Wildman–Crippen MR) is 73.2 cm³/mol. The van der Waals surface area contributed by atoms with Crippen LogP contribution >= 0.6 is 15.9 Å². The van der Waals surface area contributed by atoms with Crippen LogP contribution in [-0.4, -0.2) is 15.9 Å². The van der Waals surface area contributed by atoms with Crippen LogP contribution < -0.4 is 11.1 Å². The number of amides is 1. The number of aryl methyl sites for hydroxylation is 1. The fourth-order valence-corrected chi connectivity index (χ4v) is 1.65. The Balaban J connectivity index is 2.25. The van der Waals surface area contributed by atoms with Crippen molar-refractivity contribution in [3.05, 3.63) is 45.9 Å². The summed E-state index contributed by atoms with van der Waals surface area (Å²) in [5, 5.41) is 2.54. The summed E-state index contributed by atoms with van der Waals surface area (Å²) in [5.41, 5.74) is 6.23. The first kappa shape index (κ1) is 13.4. The SMILES string of the molecule is Cc1nc(NC(=O)c2cc(F)cnc2N)ccc1Br. The van der Waals surface area contributed by atoms with Gasteiger partial charge in [0.1, 0.15) is 17.5 Å². The van der Waals surface area contributed by atoms with Crippen molar-refractivity contribution < 1.29 is 9.18 Å². The van der Waals surface area contributed by atoms with Gasteiger partial charge in [0.05, 0.1) is 17.5 Å². The number of nitrogen functional groups attached to an aromatic ring is 1. The minimum absolute atomic E-state index is 0.0256. The number of pyridine rings is 2. The zero-order valence-corrected chi connectivity index (χ0v) is 11.5. The number of nitrogens with two attached hydrogens (primary N) is 1. The molecule has 98 valence electrons. The van der Waals surface area contributed by atoms with E-state index in [0.29, 0.717) is 5.82 Å². The highest BCUT2D eigenvalue weighted by atomic mass is 79.9. The Morgan fingerprint density at radius 2 is 2.21 bits per heavy atom. The van der Waals surface area contributed by atoms with Gasteiger partial charge < -0.3 is 11.1 Å². The van der Waals surface area contributed by atoms with Crippen LogP contribution in [0.2, 0.25) is 0 Å². The third-order valence-electron chi connectivity index (χ3n) is 2.39. The van der Waals surface area contributed by atoms with Gasteiger partial charge in [-0.25, -0.2) is 14.4 Å². The summed E-state index contributed by atoms with van der Waals surface area (Å²) in [6.45, 7) is 1.79. The molecule has 19 heavy (non-hydrogen) atoms. The van der Waals surface area contributed by atoms with Crippen molar-refractivity contribution in [2.24, 2.45) is 0 Å². The Morgan fingerprint density at radius 1 is 1.47 bits per heavy atom. The molecule has 0 bridgehead atoms. The second kappa shape index (κ2) is 5.31. The van der Waals surface area contributed by atoms with Crippen LogP contribution in [0.15, 0.2) is 28.9 Å². The topological polar surface area (TPSA) is 80.9 Å².